The van der Waals surface area contributed by atoms with Crippen molar-refractivity contribution < 1.29 is 13.9 Å². The highest BCUT2D eigenvalue weighted by Gasteiger charge is 2.11. The second-order valence-electron chi connectivity index (χ2n) is 3.79. The summed E-state index contributed by atoms with van der Waals surface area (Å²) in [4.78, 5) is 13.6. The lowest BCUT2D eigenvalue weighted by atomic mass is 10.1. The van der Waals surface area contributed by atoms with Crippen LogP contribution < -0.4 is 0 Å². The van der Waals surface area contributed by atoms with Crippen LogP contribution >= 0.6 is 15.9 Å². The van der Waals surface area contributed by atoms with Crippen LogP contribution in [0.2, 0.25) is 0 Å². The third kappa shape index (κ3) is 3.31. The second kappa shape index (κ2) is 5.98. The molecule has 1 aliphatic rings. The molecular weight excluding hydrogens is 301 g/mol. The quantitative estimate of drug-likeness (QED) is 0.587. The summed E-state index contributed by atoms with van der Waals surface area (Å²) in [5.41, 5.74) is -0.00913. The monoisotopic (exact) mass is 311 g/mol. The summed E-state index contributed by atoms with van der Waals surface area (Å²) in [6.45, 7) is 2.55. The van der Waals surface area contributed by atoms with E-state index in [0.29, 0.717) is 30.8 Å². The topological polar surface area (TPSA) is 29.5 Å². The van der Waals surface area contributed by atoms with Gasteiger partial charge in [0.2, 0.25) is 5.78 Å². The minimum absolute atomic E-state index is 0.00913. The van der Waals surface area contributed by atoms with E-state index in [0.717, 1.165) is 0 Å². The van der Waals surface area contributed by atoms with Crippen molar-refractivity contribution >= 4 is 21.7 Å². The molecule has 0 atom stereocenters. The first-order valence-electron chi connectivity index (χ1n) is 5.50. The van der Waals surface area contributed by atoms with E-state index in [-0.39, 0.29) is 5.56 Å². The van der Waals surface area contributed by atoms with Gasteiger partial charge in [0.15, 0.2) is 0 Å². The van der Waals surface area contributed by atoms with Crippen LogP contribution in [0.15, 0.2) is 22.7 Å². The lowest BCUT2D eigenvalue weighted by molar-refractivity contribution is 0.0637. The molecule has 5 heteroatoms. The average Bonchev–Trinajstić information content (AvgIpc) is 2.40. The van der Waals surface area contributed by atoms with Gasteiger partial charge in [0, 0.05) is 29.5 Å². The van der Waals surface area contributed by atoms with Crippen molar-refractivity contribution in [2.75, 3.05) is 26.3 Å². The predicted octanol–water partition coefficient (Wildman–Crippen LogP) is 2.06. The molecule has 0 spiro atoms. The normalized spacial score (nSPS) is 14.9. The van der Waals surface area contributed by atoms with Gasteiger partial charge in [-0.3, -0.25) is 4.79 Å². The molecule has 3 nitrogen and oxygen atoms in total. The smallest absolute Gasteiger partial charge is 0.240 e. The van der Waals surface area contributed by atoms with Crippen LogP contribution in [-0.2, 0) is 4.74 Å². The van der Waals surface area contributed by atoms with Gasteiger partial charge in [0.1, 0.15) is 5.82 Å². The van der Waals surface area contributed by atoms with E-state index < -0.39 is 11.6 Å². The van der Waals surface area contributed by atoms with E-state index in [4.69, 9.17) is 4.74 Å². The Bertz CT molecular complexity index is 515. The lowest BCUT2D eigenvalue weighted by Crippen LogP contribution is -2.32. The highest BCUT2D eigenvalue weighted by atomic mass is 79.9. The van der Waals surface area contributed by atoms with Crippen molar-refractivity contribution in [1.82, 2.24) is 4.90 Å². The molecule has 0 N–H and O–H groups in total. The van der Waals surface area contributed by atoms with Crippen molar-refractivity contribution in [2.24, 2.45) is 0 Å². The Kier molecular flexibility index (Phi) is 4.34. The number of ketones is 1. The summed E-state index contributed by atoms with van der Waals surface area (Å²) >= 11 is 3.20. The molecule has 18 heavy (non-hydrogen) atoms. The number of halogens is 2. The van der Waals surface area contributed by atoms with E-state index in [1.54, 1.807) is 11.0 Å². The fraction of sp³-hybridized carbons (Fsp3) is 0.308. The minimum atomic E-state index is -0.556. The molecular formula is C13H11BrFNO2. The van der Waals surface area contributed by atoms with Gasteiger partial charge >= 0.3 is 0 Å². The molecule has 0 unspecified atom stereocenters. The van der Waals surface area contributed by atoms with E-state index in [1.165, 1.54) is 12.1 Å². The number of hydrogen-bond acceptors (Lipinski definition) is 3. The Hall–Kier alpha value is -1.38. The zero-order valence-electron chi connectivity index (χ0n) is 9.58. The largest absolute Gasteiger partial charge is 0.378 e. The van der Waals surface area contributed by atoms with Gasteiger partial charge in [-0.05, 0) is 18.2 Å². The van der Waals surface area contributed by atoms with E-state index in [2.05, 4.69) is 27.9 Å². The van der Waals surface area contributed by atoms with Gasteiger partial charge in [-0.1, -0.05) is 15.9 Å². The first kappa shape index (κ1) is 13.1. The molecule has 1 saturated heterocycles. The summed E-state index contributed by atoms with van der Waals surface area (Å²) in [6, 6.07) is 6.96. The van der Waals surface area contributed by atoms with Crippen molar-refractivity contribution in [3.8, 4) is 12.0 Å². The van der Waals surface area contributed by atoms with Crippen molar-refractivity contribution in [3.63, 3.8) is 0 Å². The van der Waals surface area contributed by atoms with Crippen molar-refractivity contribution in [3.05, 3.63) is 34.1 Å². The van der Waals surface area contributed by atoms with Gasteiger partial charge < -0.3 is 9.64 Å². The van der Waals surface area contributed by atoms with Crippen LogP contribution in [0.3, 0.4) is 0 Å². The minimum Gasteiger partial charge on any atom is -0.378 e. The van der Waals surface area contributed by atoms with Gasteiger partial charge in [-0.15, -0.1) is 0 Å². The third-order valence-electron chi connectivity index (χ3n) is 2.51. The molecule has 0 amide bonds. The summed E-state index contributed by atoms with van der Waals surface area (Å²) in [5, 5.41) is 0. The fourth-order valence-electron chi connectivity index (χ4n) is 1.54. The number of morpholine rings is 1. The van der Waals surface area contributed by atoms with Gasteiger partial charge in [-0.2, -0.15) is 0 Å². The van der Waals surface area contributed by atoms with Crippen LogP contribution in [0.5, 0.6) is 0 Å². The van der Waals surface area contributed by atoms with Gasteiger partial charge in [0.05, 0.1) is 18.8 Å². The summed E-state index contributed by atoms with van der Waals surface area (Å²) in [5.74, 6) is 1.39. The predicted molar refractivity (Wildman–Crippen MR) is 68.6 cm³/mol. The zero-order chi connectivity index (χ0) is 13.0. The number of carbonyl (C=O) groups excluding carboxylic acids is 1. The number of Topliss-reactive ketones (excluding diaryl/α,β-unsaturated/α-hetero) is 1. The Morgan fingerprint density at radius 2 is 2.11 bits per heavy atom. The van der Waals surface area contributed by atoms with E-state index in [9.17, 15) is 9.18 Å². The maximum atomic E-state index is 13.4. The maximum absolute atomic E-state index is 13.4. The molecule has 0 radical (unpaired) electrons. The molecule has 1 aliphatic heterocycles. The number of ether oxygens (including phenoxy) is 1. The fourth-order valence-corrected chi connectivity index (χ4v) is 1.90. The maximum Gasteiger partial charge on any atom is 0.240 e. The number of rotatable bonds is 1. The average molecular weight is 312 g/mol. The lowest BCUT2D eigenvalue weighted by Gasteiger charge is -2.22. The molecule has 1 heterocycles. The molecule has 1 aromatic rings. The van der Waals surface area contributed by atoms with Gasteiger partial charge in [0.25, 0.3) is 0 Å². The number of nitrogens with zero attached hydrogens (tertiary/aromatic N) is 1. The molecule has 1 fully saturated rings. The number of carbonyl (C=O) groups is 1. The third-order valence-corrected chi connectivity index (χ3v) is 3.00. The molecule has 0 saturated carbocycles. The first-order chi connectivity index (χ1) is 8.66. The molecule has 0 bridgehead atoms. The highest BCUT2D eigenvalue weighted by Crippen LogP contribution is 2.15. The molecule has 0 aliphatic carbocycles. The summed E-state index contributed by atoms with van der Waals surface area (Å²) in [6.07, 6.45) is 0. The van der Waals surface area contributed by atoms with E-state index >= 15 is 0 Å². The Labute approximate surface area is 113 Å². The van der Waals surface area contributed by atoms with Crippen LogP contribution in [0.4, 0.5) is 4.39 Å². The van der Waals surface area contributed by atoms with Crippen LogP contribution in [0.25, 0.3) is 0 Å². The zero-order valence-corrected chi connectivity index (χ0v) is 11.2. The van der Waals surface area contributed by atoms with Crippen LogP contribution in [-0.4, -0.2) is 37.0 Å². The molecule has 2 rings (SSSR count). The second-order valence-corrected chi connectivity index (χ2v) is 4.71. The van der Waals surface area contributed by atoms with Crippen molar-refractivity contribution in [2.45, 2.75) is 0 Å². The summed E-state index contributed by atoms with van der Waals surface area (Å²) < 4.78 is 19.3. The standard InChI is InChI=1S/C13H11BrFNO2/c14-10-1-2-12(15)11(9-10)13(17)3-4-16-5-7-18-8-6-16/h1-2,9H,5-8H2. The Morgan fingerprint density at radius 1 is 1.39 bits per heavy atom. The van der Waals surface area contributed by atoms with Crippen LogP contribution in [0.1, 0.15) is 10.4 Å². The number of hydrogen-bond donors (Lipinski definition) is 0. The van der Waals surface area contributed by atoms with Gasteiger partial charge in [-0.25, -0.2) is 4.39 Å². The SMILES string of the molecule is O=C(C#CN1CCOCC1)c1cc(Br)ccc1F. The summed E-state index contributed by atoms with van der Waals surface area (Å²) in [7, 11) is 0. The van der Waals surface area contributed by atoms with Crippen LogP contribution in [0, 0.1) is 17.8 Å². The highest BCUT2D eigenvalue weighted by molar-refractivity contribution is 9.10. The molecule has 0 aromatic heterocycles. The Balaban J connectivity index is 2.11. The number of benzene rings is 1. The van der Waals surface area contributed by atoms with Crippen molar-refractivity contribution in [1.29, 1.82) is 0 Å². The van der Waals surface area contributed by atoms with E-state index in [1.807, 2.05) is 0 Å². The Morgan fingerprint density at radius 3 is 2.83 bits per heavy atom. The first-order valence-corrected chi connectivity index (χ1v) is 6.30. The molecule has 1 aromatic carbocycles. The molecule has 94 valence electrons.